The van der Waals surface area contributed by atoms with Gasteiger partial charge in [-0.2, -0.15) is 0 Å². The molecule has 0 heterocycles. The lowest BCUT2D eigenvalue weighted by molar-refractivity contribution is -0.146. The second-order valence-electron chi connectivity index (χ2n) is 5.75. The zero-order chi connectivity index (χ0) is 18.9. The maximum atomic E-state index is 12.3. The Balaban J connectivity index is 1.89. The Kier molecular flexibility index (Phi) is 7.48. The number of esters is 1. The topological polar surface area (TPSA) is 64.6 Å². The molecule has 0 saturated heterocycles. The molecule has 0 radical (unpaired) electrons. The monoisotopic (exact) mass is 375 g/mol. The quantitative estimate of drug-likeness (QED) is 0.540. The maximum Gasteiger partial charge on any atom is 0.344 e. The standard InChI is InChI=1S/C20H22ClNO4/c1-3-4-12-25-19(23)13-26-16-10-8-15(9-11-16)20(24)22-18-7-5-6-17(21)14(18)2/h5-11H,3-4,12-13H2,1-2H3,(H,22,24). The number of carbonyl (C=O) groups is 2. The normalized spacial score (nSPS) is 10.3. The number of halogens is 1. The summed E-state index contributed by atoms with van der Waals surface area (Å²) in [6, 6.07) is 11.9. The number of amides is 1. The summed E-state index contributed by atoms with van der Waals surface area (Å²) in [6.45, 7) is 4.11. The molecule has 2 aromatic carbocycles. The van der Waals surface area contributed by atoms with E-state index in [1.54, 1.807) is 42.5 Å². The van der Waals surface area contributed by atoms with Crippen molar-refractivity contribution in [3.05, 3.63) is 58.6 Å². The molecule has 0 fully saturated rings. The van der Waals surface area contributed by atoms with Crippen LogP contribution >= 0.6 is 11.6 Å². The summed E-state index contributed by atoms with van der Waals surface area (Å²) in [5.74, 6) is -0.162. The molecular formula is C20H22ClNO4. The van der Waals surface area contributed by atoms with Crippen molar-refractivity contribution < 1.29 is 19.1 Å². The molecule has 5 nitrogen and oxygen atoms in total. The zero-order valence-corrected chi connectivity index (χ0v) is 15.6. The first-order valence-electron chi connectivity index (χ1n) is 8.46. The Morgan fingerprint density at radius 3 is 2.54 bits per heavy atom. The molecule has 2 rings (SSSR count). The Morgan fingerprint density at radius 1 is 1.12 bits per heavy atom. The number of hydrogen-bond acceptors (Lipinski definition) is 4. The van der Waals surface area contributed by atoms with Crippen LogP contribution in [0.3, 0.4) is 0 Å². The van der Waals surface area contributed by atoms with Gasteiger partial charge >= 0.3 is 5.97 Å². The lowest BCUT2D eigenvalue weighted by atomic mass is 10.1. The average molecular weight is 376 g/mol. The minimum atomic E-state index is -0.406. The third-order valence-corrected chi connectivity index (χ3v) is 4.16. The van der Waals surface area contributed by atoms with Crippen molar-refractivity contribution in [1.29, 1.82) is 0 Å². The molecule has 26 heavy (non-hydrogen) atoms. The van der Waals surface area contributed by atoms with Gasteiger partial charge in [0.25, 0.3) is 5.91 Å². The van der Waals surface area contributed by atoms with Gasteiger partial charge in [0.05, 0.1) is 6.61 Å². The molecule has 0 spiro atoms. The molecule has 0 aliphatic rings. The highest BCUT2D eigenvalue weighted by Crippen LogP contribution is 2.23. The van der Waals surface area contributed by atoms with Gasteiger partial charge in [-0.25, -0.2) is 4.79 Å². The van der Waals surface area contributed by atoms with E-state index >= 15 is 0 Å². The van der Waals surface area contributed by atoms with E-state index in [0.717, 1.165) is 18.4 Å². The van der Waals surface area contributed by atoms with Gasteiger partial charge in [0.15, 0.2) is 6.61 Å². The molecule has 1 amide bonds. The van der Waals surface area contributed by atoms with Crippen LogP contribution in [0.5, 0.6) is 5.75 Å². The van der Waals surface area contributed by atoms with Crippen LogP contribution in [0.2, 0.25) is 5.02 Å². The van der Waals surface area contributed by atoms with Crippen molar-refractivity contribution in [2.45, 2.75) is 26.7 Å². The molecule has 2 aromatic rings. The van der Waals surface area contributed by atoms with Crippen molar-refractivity contribution >= 4 is 29.2 Å². The number of ether oxygens (including phenoxy) is 2. The maximum absolute atomic E-state index is 12.3. The summed E-state index contributed by atoms with van der Waals surface area (Å²) in [5, 5.41) is 3.42. The van der Waals surface area contributed by atoms with Crippen molar-refractivity contribution in [3.63, 3.8) is 0 Å². The van der Waals surface area contributed by atoms with E-state index < -0.39 is 5.97 Å². The Morgan fingerprint density at radius 2 is 1.85 bits per heavy atom. The molecule has 0 aromatic heterocycles. The summed E-state index contributed by atoms with van der Waals surface area (Å²) in [5.41, 5.74) is 1.95. The predicted molar refractivity (Wildman–Crippen MR) is 102 cm³/mol. The van der Waals surface area contributed by atoms with Crippen LogP contribution in [0.1, 0.15) is 35.7 Å². The van der Waals surface area contributed by atoms with Crippen LogP contribution in [0.15, 0.2) is 42.5 Å². The second-order valence-corrected chi connectivity index (χ2v) is 6.16. The molecular weight excluding hydrogens is 354 g/mol. The molecule has 0 unspecified atom stereocenters. The Labute approximate surface area is 158 Å². The van der Waals surface area contributed by atoms with Gasteiger partial charge < -0.3 is 14.8 Å². The smallest absolute Gasteiger partial charge is 0.344 e. The highest BCUT2D eigenvalue weighted by atomic mass is 35.5. The lowest BCUT2D eigenvalue weighted by Gasteiger charge is -2.10. The number of benzene rings is 2. The molecule has 0 atom stereocenters. The van der Waals surface area contributed by atoms with E-state index in [1.807, 2.05) is 13.8 Å². The number of nitrogens with one attached hydrogen (secondary N) is 1. The van der Waals surface area contributed by atoms with Crippen LogP contribution in [0.25, 0.3) is 0 Å². The minimum Gasteiger partial charge on any atom is -0.482 e. The van der Waals surface area contributed by atoms with Crippen LogP contribution < -0.4 is 10.1 Å². The Bertz CT molecular complexity index is 759. The molecule has 0 bridgehead atoms. The summed E-state index contributed by atoms with van der Waals surface area (Å²) < 4.78 is 10.4. The van der Waals surface area contributed by atoms with Gasteiger partial charge in [-0.05, 0) is 55.3 Å². The first-order valence-corrected chi connectivity index (χ1v) is 8.84. The SMILES string of the molecule is CCCCOC(=O)COc1ccc(C(=O)Nc2cccc(Cl)c2C)cc1. The van der Waals surface area contributed by atoms with Crippen molar-refractivity contribution in [1.82, 2.24) is 0 Å². The van der Waals surface area contributed by atoms with E-state index in [4.69, 9.17) is 21.1 Å². The second kappa shape index (κ2) is 9.82. The highest BCUT2D eigenvalue weighted by Gasteiger charge is 2.10. The van der Waals surface area contributed by atoms with Crippen LogP contribution in [-0.2, 0) is 9.53 Å². The van der Waals surface area contributed by atoms with Gasteiger partial charge in [-0.3, -0.25) is 4.79 Å². The van der Waals surface area contributed by atoms with E-state index in [-0.39, 0.29) is 12.5 Å². The van der Waals surface area contributed by atoms with Gasteiger partial charge in [-0.15, -0.1) is 0 Å². The molecule has 0 saturated carbocycles. The van der Waals surface area contributed by atoms with Gasteiger partial charge in [0, 0.05) is 16.3 Å². The van der Waals surface area contributed by atoms with E-state index in [0.29, 0.717) is 28.6 Å². The summed E-state index contributed by atoms with van der Waals surface area (Å²) in [6.07, 6.45) is 1.80. The van der Waals surface area contributed by atoms with Gasteiger partial charge in [0.1, 0.15) is 5.75 Å². The summed E-state index contributed by atoms with van der Waals surface area (Å²) >= 11 is 6.06. The predicted octanol–water partition coefficient (Wildman–Crippen LogP) is 4.62. The van der Waals surface area contributed by atoms with Crippen molar-refractivity contribution in [2.75, 3.05) is 18.5 Å². The summed E-state index contributed by atoms with van der Waals surface area (Å²) in [4.78, 5) is 23.8. The largest absolute Gasteiger partial charge is 0.482 e. The molecule has 138 valence electrons. The lowest BCUT2D eigenvalue weighted by Crippen LogP contribution is -2.16. The zero-order valence-electron chi connectivity index (χ0n) is 14.9. The first kappa shape index (κ1) is 19.8. The van der Waals surface area contributed by atoms with Crippen LogP contribution in [-0.4, -0.2) is 25.1 Å². The fourth-order valence-corrected chi connectivity index (χ4v) is 2.33. The van der Waals surface area contributed by atoms with Gasteiger partial charge in [-0.1, -0.05) is 31.0 Å². The highest BCUT2D eigenvalue weighted by molar-refractivity contribution is 6.31. The van der Waals surface area contributed by atoms with Crippen LogP contribution in [0.4, 0.5) is 5.69 Å². The fraction of sp³-hybridized carbons (Fsp3) is 0.300. The number of carbonyl (C=O) groups excluding carboxylic acids is 2. The van der Waals surface area contributed by atoms with E-state index in [2.05, 4.69) is 5.32 Å². The summed E-state index contributed by atoms with van der Waals surface area (Å²) in [7, 11) is 0. The average Bonchev–Trinajstić information content (AvgIpc) is 2.64. The number of hydrogen-bond donors (Lipinski definition) is 1. The first-order chi connectivity index (χ1) is 12.5. The number of rotatable bonds is 8. The van der Waals surface area contributed by atoms with Crippen LogP contribution in [0, 0.1) is 6.92 Å². The van der Waals surface area contributed by atoms with Gasteiger partial charge in [0.2, 0.25) is 0 Å². The van der Waals surface area contributed by atoms with Crippen molar-refractivity contribution in [3.8, 4) is 5.75 Å². The van der Waals surface area contributed by atoms with E-state index in [9.17, 15) is 9.59 Å². The molecule has 6 heteroatoms. The number of unbranched alkanes of at least 4 members (excludes halogenated alkanes) is 1. The molecule has 1 N–H and O–H groups in total. The minimum absolute atomic E-state index is 0.156. The third-order valence-electron chi connectivity index (χ3n) is 3.75. The Hall–Kier alpha value is -2.53. The fourth-order valence-electron chi connectivity index (χ4n) is 2.15. The molecule has 0 aliphatic carbocycles. The number of anilines is 1. The van der Waals surface area contributed by atoms with E-state index in [1.165, 1.54) is 0 Å². The molecule has 0 aliphatic heterocycles. The third kappa shape index (κ3) is 5.77. The van der Waals surface area contributed by atoms with Crippen molar-refractivity contribution in [2.24, 2.45) is 0 Å².